The van der Waals surface area contributed by atoms with Gasteiger partial charge >= 0.3 is 6.09 Å². The summed E-state index contributed by atoms with van der Waals surface area (Å²) in [6.45, 7) is 0.756. The van der Waals surface area contributed by atoms with Crippen molar-refractivity contribution in [3.05, 3.63) is 42.2 Å². The largest absolute Gasteiger partial charge is 0.474 e. The number of rotatable bonds is 4. The zero-order valence-corrected chi connectivity index (χ0v) is 13.1. The fraction of sp³-hybridized carbons (Fsp3) is 0.312. The fourth-order valence-electron chi connectivity index (χ4n) is 2.45. The topological polar surface area (TPSA) is 84.8 Å². The van der Waals surface area contributed by atoms with E-state index in [4.69, 9.17) is 14.6 Å². The van der Waals surface area contributed by atoms with E-state index in [1.807, 2.05) is 0 Å². The van der Waals surface area contributed by atoms with Crippen LogP contribution in [0.15, 0.2) is 30.6 Å². The third kappa shape index (κ3) is 4.31. The minimum Gasteiger partial charge on any atom is -0.474 e. The number of aromatic nitrogens is 2. The van der Waals surface area contributed by atoms with Crippen molar-refractivity contribution in [3.8, 4) is 17.5 Å². The summed E-state index contributed by atoms with van der Waals surface area (Å²) in [6.07, 6.45) is 1.11. The van der Waals surface area contributed by atoms with Gasteiger partial charge in [0.2, 0.25) is 11.8 Å². The van der Waals surface area contributed by atoms with Gasteiger partial charge in [0.25, 0.3) is 0 Å². The molecule has 0 spiro atoms. The molecule has 132 valence electrons. The molecular formula is C16H15F2N3O4. The highest BCUT2D eigenvalue weighted by atomic mass is 19.1. The third-order valence-corrected chi connectivity index (χ3v) is 3.72. The number of hydrogen-bond donors (Lipinski definition) is 1. The van der Waals surface area contributed by atoms with E-state index < -0.39 is 17.7 Å². The Morgan fingerprint density at radius 1 is 1.16 bits per heavy atom. The molecule has 0 saturated carbocycles. The Morgan fingerprint density at radius 2 is 1.88 bits per heavy atom. The molecule has 7 nitrogen and oxygen atoms in total. The van der Waals surface area contributed by atoms with Crippen LogP contribution in [0.25, 0.3) is 0 Å². The van der Waals surface area contributed by atoms with Crippen LogP contribution >= 0.6 is 0 Å². The number of piperidine rings is 1. The Balaban J connectivity index is 1.64. The summed E-state index contributed by atoms with van der Waals surface area (Å²) >= 11 is 0. The van der Waals surface area contributed by atoms with Crippen LogP contribution in [0.3, 0.4) is 0 Å². The molecule has 0 atom stereocenters. The number of carboxylic acid groups (broad SMARTS) is 1. The molecule has 0 bridgehead atoms. The second-order valence-corrected chi connectivity index (χ2v) is 5.46. The molecule has 1 amide bonds. The number of benzene rings is 1. The van der Waals surface area contributed by atoms with Gasteiger partial charge < -0.3 is 19.5 Å². The molecule has 1 aliphatic rings. The van der Waals surface area contributed by atoms with Gasteiger partial charge in [0.1, 0.15) is 18.2 Å². The Bertz CT molecular complexity index is 767. The van der Waals surface area contributed by atoms with Gasteiger partial charge in [-0.2, -0.15) is 0 Å². The smallest absolute Gasteiger partial charge is 0.407 e. The van der Waals surface area contributed by atoms with E-state index in [-0.39, 0.29) is 23.6 Å². The van der Waals surface area contributed by atoms with Crippen molar-refractivity contribution in [1.82, 2.24) is 14.9 Å². The SMILES string of the molecule is O=C(O)N1CCC(Oc2cc(Oc3cc(F)ccc3F)ncn2)CC1. The lowest BCUT2D eigenvalue weighted by molar-refractivity contribution is 0.0869. The molecule has 9 heteroatoms. The quantitative estimate of drug-likeness (QED) is 0.911. The lowest BCUT2D eigenvalue weighted by Crippen LogP contribution is -2.41. The molecule has 1 saturated heterocycles. The summed E-state index contributed by atoms with van der Waals surface area (Å²) in [5.74, 6) is -1.41. The molecule has 1 N–H and O–H groups in total. The molecular weight excluding hydrogens is 336 g/mol. The standard InChI is InChI=1S/C16H15F2N3O4/c17-10-1-2-12(18)13(7-10)25-15-8-14(19-9-20-15)24-11-3-5-21(6-4-11)16(22)23/h1-2,7-9,11H,3-6H2,(H,22,23). The Morgan fingerprint density at radius 3 is 2.60 bits per heavy atom. The average Bonchev–Trinajstić information content (AvgIpc) is 2.59. The maximum absolute atomic E-state index is 13.6. The van der Waals surface area contributed by atoms with Crippen molar-refractivity contribution in [3.63, 3.8) is 0 Å². The van der Waals surface area contributed by atoms with Crippen molar-refractivity contribution in [2.75, 3.05) is 13.1 Å². The summed E-state index contributed by atoms with van der Waals surface area (Å²) in [6, 6.07) is 4.23. The molecule has 2 heterocycles. The van der Waals surface area contributed by atoms with Gasteiger partial charge in [0, 0.05) is 32.0 Å². The Kier molecular flexibility index (Phi) is 4.92. The van der Waals surface area contributed by atoms with Crippen molar-refractivity contribution in [2.24, 2.45) is 0 Å². The van der Waals surface area contributed by atoms with Crippen molar-refractivity contribution < 1.29 is 28.2 Å². The molecule has 2 aromatic rings. The first kappa shape index (κ1) is 16.9. The van der Waals surface area contributed by atoms with Crippen LogP contribution in [-0.2, 0) is 0 Å². The number of carbonyl (C=O) groups is 1. The first-order chi connectivity index (χ1) is 12.0. The van der Waals surface area contributed by atoms with Crippen molar-refractivity contribution in [1.29, 1.82) is 0 Å². The molecule has 3 rings (SSSR count). The van der Waals surface area contributed by atoms with Gasteiger partial charge in [-0.05, 0) is 12.1 Å². The monoisotopic (exact) mass is 351 g/mol. The summed E-state index contributed by atoms with van der Waals surface area (Å²) in [5, 5.41) is 8.92. The molecule has 0 aliphatic carbocycles. The van der Waals surface area contributed by atoms with E-state index in [1.165, 1.54) is 17.3 Å². The zero-order valence-electron chi connectivity index (χ0n) is 13.1. The maximum atomic E-state index is 13.6. The van der Waals surface area contributed by atoms with Crippen LogP contribution in [0.5, 0.6) is 17.5 Å². The Labute approximate surface area is 141 Å². The molecule has 25 heavy (non-hydrogen) atoms. The third-order valence-electron chi connectivity index (χ3n) is 3.72. The zero-order chi connectivity index (χ0) is 17.8. The van der Waals surface area contributed by atoms with Crippen molar-refractivity contribution in [2.45, 2.75) is 18.9 Å². The molecule has 1 fully saturated rings. The number of hydrogen-bond acceptors (Lipinski definition) is 5. The summed E-state index contributed by atoms with van der Waals surface area (Å²) in [4.78, 5) is 20.0. The maximum Gasteiger partial charge on any atom is 0.407 e. The summed E-state index contributed by atoms with van der Waals surface area (Å²) in [5.41, 5.74) is 0. The highest BCUT2D eigenvalue weighted by Crippen LogP contribution is 2.26. The highest BCUT2D eigenvalue weighted by Gasteiger charge is 2.24. The van der Waals surface area contributed by atoms with E-state index in [0.29, 0.717) is 25.9 Å². The van der Waals surface area contributed by atoms with Gasteiger partial charge in [-0.1, -0.05) is 0 Å². The van der Waals surface area contributed by atoms with Gasteiger partial charge in [0.15, 0.2) is 11.6 Å². The Hall–Kier alpha value is -2.97. The molecule has 1 aromatic heterocycles. The minimum atomic E-state index is -0.951. The van der Waals surface area contributed by atoms with Gasteiger partial charge in [-0.15, -0.1) is 0 Å². The van der Waals surface area contributed by atoms with Gasteiger partial charge in [-0.25, -0.2) is 23.5 Å². The van der Waals surface area contributed by atoms with E-state index in [2.05, 4.69) is 9.97 Å². The van der Waals surface area contributed by atoms with Crippen LogP contribution in [0, 0.1) is 11.6 Å². The number of ether oxygens (including phenoxy) is 2. The van der Waals surface area contributed by atoms with E-state index >= 15 is 0 Å². The van der Waals surface area contributed by atoms with E-state index in [9.17, 15) is 13.6 Å². The highest BCUT2D eigenvalue weighted by molar-refractivity contribution is 5.65. The predicted molar refractivity (Wildman–Crippen MR) is 81.7 cm³/mol. The molecule has 1 aromatic carbocycles. The number of amides is 1. The van der Waals surface area contributed by atoms with E-state index in [1.54, 1.807) is 0 Å². The first-order valence-electron chi connectivity index (χ1n) is 7.61. The van der Waals surface area contributed by atoms with Crippen LogP contribution in [0.1, 0.15) is 12.8 Å². The normalized spacial score (nSPS) is 15.0. The van der Waals surface area contributed by atoms with Crippen LogP contribution in [-0.4, -0.2) is 45.3 Å². The molecule has 0 unspecified atom stereocenters. The number of nitrogens with zero attached hydrogens (tertiary/aromatic N) is 3. The summed E-state index contributed by atoms with van der Waals surface area (Å²) in [7, 11) is 0. The van der Waals surface area contributed by atoms with Gasteiger partial charge in [0.05, 0.1) is 6.07 Å². The van der Waals surface area contributed by atoms with E-state index in [0.717, 1.165) is 18.2 Å². The second-order valence-electron chi connectivity index (χ2n) is 5.46. The minimum absolute atomic E-state index is 0.0115. The fourth-order valence-corrected chi connectivity index (χ4v) is 2.45. The number of likely N-dealkylation sites (tertiary alicyclic amines) is 1. The number of halogens is 2. The second kappa shape index (κ2) is 7.29. The lowest BCUT2D eigenvalue weighted by Gasteiger charge is -2.29. The van der Waals surface area contributed by atoms with Crippen LogP contribution < -0.4 is 9.47 Å². The summed E-state index contributed by atoms with van der Waals surface area (Å²) < 4.78 is 37.7. The predicted octanol–water partition coefficient (Wildman–Crippen LogP) is 3.07. The first-order valence-corrected chi connectivity index (χ1v) is 7.61. The molecule has 0 radical (unpaired) electrons. The van der Waals surface area contributed by atoms with Gasteiger partial charge in [-0.3, -0.25) is 0 Å². The van der Waals surface area contributed by atoms with Crippen molar-refractivity contribution >= 4 is 6.09 Å². The van der Waals surface area contributed by atoms with Crippen LogP contribution in [0.2, 0.25) is 0 Å². The molecule has 1 aliphatic heterocycles. The lowest BCUT2D eigenvalue weighted by atomic mass is 10.1. The average molecular weight is 351 g/mol. The van der Waals surface area contributed by atoms with Crippen LogP contribution in [0.4, 0.5) is 13.6 Å².